The number of anilines is 1. The average Bonchev–Trinajstić information content (AvgIpc) is 2.74. The maximum Gasteiger partial charge on any atom is 0.119 e. The van der Waals surface area contributed by atoms with Crippen molar-refractivity contribution in [2.45, 2.75) is 38.8 Å². The Hall–Kier alpha value is -1.22. The van der Waals surface area contributed by atoms with E-state index in [1.165, 1.54) is 0 Å². The molecule has 1 aliphatic rings. The Morgan fingerprint density at radius 1 is 1.35 bits per heavy atom. The van der Waals surface area contributed by atoms with E-state index in [-0.39, 0.29) is 0 Å². The molecule has 3 nitrogen and oxygen atoms in total. The number of benzene rings is 1. The number of rotatable bonds is 5. The Morgan fingerprint density at radius 2 is 2.12 bits per heavy atom. The van der Waals surface area contributed by atoms with Gasteiger partial charge < -0.3 is 14.8 Å². The van der Waals surface area contributed by atoms with Gasteiger partial charge in [-0.2, -0.15) is 0 Å². The molecule has 0 spiro atoms. The van der Waals surface area contributed by atoms with Gasteiger partial charge >= 0.3 is 0 Å². The molecule has 0 saturated carbocycles. The van der Waals surface area contributed by atoms with Crippen LogP contribution < -0.4 is 10.1 Å². The van der Waals surface area contributed by atoms with Crippen molar-refractivity contribution in [3.8, 4) is 5.75 Å². The van der Waals surface area contributed by atoms with E-state index in [2.05, 4.69) is 31.3 Å². The SMILES string of the molecule is CCCOc1ccc(NC2CCOC2C)cc1. The van der Waals surface area contributed by atoms with Crippen molar-refractivity contribution in [3.63, 3.8) is 0 Å². The summed E-state index contributed by atoms with van der Waals surface area (Å²) in [6, 6.07) is 8.58. The minimum absolute atomic E-state index is 0.297. The summed E-state index contributed by atoms with van der Waals surface area (Å²) in [4.78, 5) is 0. The van der Waals surface area contributed by atoms with Gasteiger partial charge in [0.15, 0.2) is 0 Å². The van der Waals surface area contributed by atoms with Crippen LogP contribution in [-0.2, 0) is 4.74 Å². The Morgan fingerprint density at radius 3 is 2.71 bits per heavy atom. The normalized spacial score (nSPS) is 23.6. The van der Waals surface area contributed by atoms with Gasteiger partial charge in [-0.1, -0.05) is 6.92 Å². The van der Waals surface area contributed by atoms with Crippen molar-refractivity contribution in [1.82, 2.24) is 0 Å². The van der Waals surface area contributed by atoms with Crippen LogP contribution in [0.25, 0.3) is 0 Å². The van der Waals surface area contributed by atoms with Crippen LogP contribution >= 0.6 is 0 Å². The molecule has 0 bridgehead atoms. The lowest BCUT2D eigenvalue weighted by Crippen LogP contribution is -2.26. The Balaban J connectivity index is 1.89. The van der Waals surface area contributed by atoms with Crippen LogP contribution in [0.15, 0.2) is 24.3 Å². The smallest absolute Gasteiger partial charge is 0.119 e. The molecule has 0 amide bonds. The third kappa shape index (κ3) is 3.37. The highest BCUT2D eigenvalue weighted by molar-refractivity contribution is 5.47. The van der Waals surface area contributed by atoms with Crippen molar-refractivity contribution in [3.05, 3.63) is 24.3 Å². The lowest BCUT2D eigenvalue weighted by atomic mass is 10.1. The first-order valence-electron chi connectivity index (χ1n) is 6.40. The molecule has 94 valence electrons. The summed E-state index contributed by atoms with van der Waals surface area (Å²) in [5.41, 5.74) is 1.14. The van der Waals surface area contributed by atoms with E-state index in [1.807, 2.05) is 12.1 Å². The monoisotopic (exact) mass is 235 g/mol. The van der Waals surface area contributed by atoms with E-state index >= 15 is 0 Å². The molecule has 1 saturated heterocycles. The minimum atomic E-state index is 0.297. The summed E-state index contributed by atoms with van der Waals surface area (Å²) in [6.45, 7) is 5.86. The van der Waals surface area contributed by atoms with Crippen molar-refractivity contribution < 1.29 is 9.47 Å². The number of hydrogen-bond acceptors (Lipinski definition) is 3. The summed E-state index contributed by atoms with van der Waals surface area (Å²) in [5, 5.41) is 3.49. The molecule has 2 atom stereocenters. The molecule has 1 aromatic carbocycles. The maximum absolute atomic E-state index is 5.55. The van der Waals surface area contributed by atoms with Crippen LogP contribution in [0.2, 0.25) is 0 Å². The fraction of sp³-hybridized carbons (Fsp3) is 0.571. The standard InChI is InChI=1S/C14H21NO2/c1-3-9-17-13-6-4-12(5-7-13)15-14-8-10-16-11(14)2/h4-7,11,14-15H,3,8-10H2,1-2H3. The molecule has 1 heterocycles. The van der Waals surface area contributed by atoms with Crippen LogP contribution in [0.5, 0.6) is 5.75 Å². The van der Waals surface area contributed by atoms with Crippen LogP contribution in [0, 0.1) is 0 Å². The van der Waals surface area contributed by atoms with E-state index in [9.17, 15) is 0 Å². The molecule has 2 unspecified atom stereocenters. The van der Waals surface area contributed by atoms with Crippen molar-refractivity contribution in [1.29, 1.82) is 0 Å². The fourth-order valence-electron chi connectivity index (χ4n) is 2.00. The summed E-state index contributed by atoms with van der Waals surface area (Å²) in [5.74, 6) is 0.938. The summed E-state index contributed by atoms with van der Waals surface area (Å²) < 4.78 is 11.1. The zero-order valence-electron chi connectivity index (χ0n) is 10.6. The van der Waals surface area contributed by atoms with E-state index < -0.39 is 0 Å². The molecule has 1 N–H and O–H groups in total. The van der Waals surface area contributed by atoms with Gasteiger partial charge in [-0.3, -0.25) is 0 Å². The highest BCUT2D eigenvalue weighted by Crippen LogP contribution is 2.21. The molecule has 2 rings (SSSR count). The predicted octanol–water partition coefficient (Wildman–Crippen LogP) is 3.06. The van der Waals surface area contributed by atoms with Crippen molar-refractivity contribution in [2.75, 3.05) is 18.5 Å². The van der Waals surface area contributed by atoms with Crippen LogP contribution in [0.4, 0.5) is 5.69 Å². The first kappa shape index (κ1) is 12.2. The average molecular weight is 235 g/mol. The van der Waals surface area contributed by atoms with E-state index in [0.29, 0.717) is 12.1 Å². The molecule has 1 aromatic rings. The zero-order chi connectivity index (χ0) is 12.1. The fourth-order valence-corrected chi connectivity index (χ4v) is 2.00. The van der Waals surface area contributed by atoms with Gasteiger partial charge in [0.2, 0.25) is 0 Å². The second kappa shape index (κ2) is 5.92. The van der Waals surface area contributed by atoms with E-state index in [0.717, 1.165) is 37.5 Å². The molecular weight excluding hydrogens is 214 g/mol. The van der Waals surface area contributed by atoms with Gasteiger partial charge in [-0.25, -0.2) is 0 Å². The van der Waals surface area contributed by atoms with Gasteiger partial charge in [0, 0.05) is 12.3 Å². The van der Waals surface area contributed by atoms with Gasteiger partial charge in [0.05, 0.1) is 18.8 Å². The third-order valence-electron chi connectivity index (χ3n) is 3.06. The van der Waals surface area contributed by atoms with Gasteiger partial charge in [0.25, 0.3) is 0 Å². The third-order valence-corrected chi connectivity index (χ3v) is 3.06. The van der Waals surface area contributed by atoms with Crippen molar-refractivity contribution >= 4 is 5.69 Å². The highest BCUT2D eigenvalue weighted by Gasteiger charge is 2.23. The number of hydrogen-bond donors (Lipinski definition) is 1. The molecule has 17 heavy (non-hydrogen) atoms. The molecule has 1 fully saturated rings. The van der Waals surface area contributed by atoms with Gasteiger partial charge in [-0.05, 0) is 44.0 Å². The topological polar surface area (TPSA) is 30.5 Å². The second-order valence-corrected chi connectivity index (χ2v) is 4.49. The lowest BCUT2D eigenvalue weighted by Gasteiger charge is -2.17. The summed E-state index contributed by atoms with van der Waals surface area (Å²) >= 11 is 0. The predicted molar refractivity (Wildman–Crippen MR) is 69.7 cm³/mol. The van der Waals surface area contributed by atoms with Gasteiger partial charge in [0.1, 0.15) is 5.75 Å². The zero-order valence-corrected chi connectivity index (χ0v) is 10.6. The summed E-state index contributed by atoms with van der Waals surface area (Å²) in [7, 11) is 0. The van der Waals surface area contributed by atoms with Crippen LogP contribution in [0.3, 0.4) is 0 Å². The molecule has 1 aliphatic heterocycles. The highest BCUT2D eigenvalue weighted by atomic mass is 16.5. The Bertz CT molecular complexity index is 337. The molecule has 3 heteroatoms. The van der Waals surface area contributed by atoms with E-state index in [4.69, 9.17) is 9.47 Å². The maximum atomic E-state index is 5.55. The summed E-state index contributed by atoms with van der Waals surface area (Å²) in [6.07, 6.45) is 2.41. The number of nitrogens with one attached hydrogen (secondary N) is 1. The largest absolute Gasteiger partial charge is 0.494 e. The van der Waals surface area contributed by atoms with E-state index in [1.54, 1.807) is 0 Å². The first-order valence-corrected chi connectivity index (χ1v) is 6.40. The second-order valence-electron chi connectivity index (χ2n) is 4.49. The molecule has 0 aliphatic carbocycles. The molecular formula is C14H21NO2. The Labute approximate surface area is 103 Å². The van der Waals surface area contributed by atoms with Crippen LogP contribution in [-0.4, -0.2) is 25.4 Å². The minimum Gasteiger partial charge on any atom is -0.494 e. The molecule has 0 radical (unpaired) electrons. The van der Waals surface area contributed by atoms with Gasteiger partial charge in [-0.15, -0.1) is 0 Å². The lowest BCUT2D eigenvalue weighted by molar-refractivity contribution is 0.121. The Kier molecular flexibility index (Phi) is 4.26. The number of ether oxygens (including phenoxy) is 2. The van der Waals surface area contributed by atoms with Crippen LogP contribution in [0.1, 0.15) is 26.7 Å². The quantitative estimate of drug-likeness (QED) is 0.850. The molecule has 0 aromatic heterocycles. The van der Waals surface area contributed by atoms with Crippen molar-refractivity contribution in [2.24, 2.45) is 0 Å². The first-order chi connectivity index (χ1) is 8.29.